The van der Waals surface area contributed by atoms with Crippen LogP contribution in [0.5, 0.6) is 0 Å². The molecule has 0 radical (unpaired) electrons. The van der Waals surface area contributed by atoms with Crippen molar-refractivity contribution in [2.75, 3.05) is 23.9 Å². The van der Waals surface area contributed by atoms with Gasteiger partial charge in [0.25, 0.3) is 5.91 Å². The average Bonchev–Trinajstić information content (AvgIpc) is 3.06. The normalized spacial score (nSPS) is 10.4. The topological polar surface area (TPSA) is 84.0 Å². The molecule has 0 atom stereocenters. The Kier molecular flexibility index (Phi) is 7.54. The zero-order valence-corrected chi connectivity index (χ0v) is 15.8. The molecular weight excluding hydrogens is 364 g/mol. The largest absolute Gasteiger partial charge is 0.355 e. The minimum absolute atomic E-state index is 0.120. The van der Waals surface area contributed by atoms with Gasteiger partial charge in [-0.1, -0.05) is 41.8 Å². The number of rotatable bonds is 8. The quantitative estimate of drug-likeness (QED) is 0.683. The van der Waals surface area contributed by atoms with Crippen LogP contribution in [0.25, 0.3) is 0 Å². The molecule has 0 fully saturated rings. The lowest BCUT2D eigenvalue weighted by Gasteiger charge is -2.05. The van der Waals surface area contributed by atoms with Crippen molar-refractivity contribution >= 4 is 52.4 Å². The predicted octanol–water partition coefficient (Wildman–Crippen LogP) is 3.13. The second-order valence-electron chi connectivity index (χ2n) is 4.68. The number of nitrogens with zero attached hydrogens (tertiary/aromatic N) is 2. The summed E-state index contributed by atoms with van der Waals surface area (Å²) >= 11 is 4.56. The molecule has 1 aromatic heterocycles. The summed E-state index contributed by atoms with van der Waals surface area (Å²) in [6.45, 7) is 2.12. The number of amides is 2. The van der Waals surface area contributed by atoms with Crippen molar-refractivity contribution in [1.29, 1.82) is 0 Å². The van der Waals surface area contributed by atoms with E-state index in [2.05, 4.69) is 27.8 Å². The maximum Gasteiger partial charge on any atom is 0.251 e. The van der Waals surface area contributed by atoms with Crippen LogP contribution in [0.1, 0.15) is 23.7 Å². The molecular formula is C15H18N4O2S3. The molecule has 0 saturated heterocycles. The van der Waals surface area contributed by atoms with Crippen molar-refractivity contribution in [3.8, 4) is 0 Å². The minimum atomic E-state index is -0.156. The number of hydrogen-bond acceptors (Lipinski definition) is 7. The first-order valence-electron chi connectivity index (χ1n) is 7.33. The Morgan fingerprint density at radius 1 is 1.12 bits per heavy atom. The van der Waals surface area contributed by atoms with Crippen LogP contribution in [0.2, 0.25) is 0 Å². The van der Waals surface area contributed by atoms with Crippen LogP contribution in [0.4, 0.5) is 5.69 Å². The lowest BCUT2D eigenvalue weighted by molar-refractivity contribution is -0.113. The molecule has 0 spiro atoms. The van der Waals surface area contributed by atoms with Crippen LogP contribution in [0.15, 0.2) is 32.9 Å². The predicted molar refractivity (Wildman–Crippen MR) is 100 cm³/mol. The van der Waals surface area contributed by atoms with Gasteiger partial charge in [0.1, 0.15) is 0 Å². The van der Waals surface area contributed by atoms with Crippen LogP contribution in [-0.4, -0.2) is 40.6 Å². The molecule has 0 unspecified atom stereocenters. The summed E-state index contributed by atoms with van der Waals surface area (Å²) in [5.41, 5.74) is 1.21. The summed E-state index contributed by atoms with van der Waals surface area (Å²) in [6.07, 6.45) is 1.09. The lowest BCUT2D eigenvalue weighted by Crippen LogP contribution is -2.18. The standard InChI is InChI=1S/C15H18N4O2S3/c1-3-8-22-14-18-19-15(24-14)23-9-12(20)17-11-6-4-10(5-7-11)13(21)16-2/h4-7H,3,8-9H2,1-2H3,(H,16,21)(H,17,20). The number of benzene rings is 1. The van der Waals surface area contributed by atoms with Crippen LogP contribution in [0, 0.1) is 0 Å². The maximum absolute atomic E-state index is 12.0. The molecule has 0 bridgehead atoms. The Morgan fingerprint density at radius 3 is 2.42 bits per heavy atom. The highest BCUT2D eigenvalue weighted by molar-refractivity contribution is 8.03. The molecule has 2 aromatic rings. The monoisotopic (exact) mass is 382 g/mol. The summed E-state index contributed by atoms with van der Waals surface area (Å²) in [5, 5.41) is 13.5. The Morgan fingerprint density at radius 2 is 1.79 bits per heavy atom. The molecule has 2 N–H and O–H groups in total. The zero-order valence-electron chi connectivity index (χ0n) is 13.4. The van der Waals surface area contributed by atoms with Gasteiger partial charge in [0.15, 0.2) is 8.68 Å². The van der Waals surface area contributed by atoms with Crippen molar-refractivity contribution in [3.63, 3.8) is 0 Å². The van der Waals surface area contributed by atoms with Crippen LogP contribution < -0.4 is 10.6 Å². The molecule has 0 saturated carbocycles. The van der Waals surface area contributed by atoms with Crippen LogP contribution in [0.3, 0.4) is 0 Å². The summed E-state index contributed by atoms with van der Waals surface area (Å²) in [5.74, 6) is 1.01. The van der Waals surface area contributed by atoms with Crippen molar-refractivity contribution in [2.24, 2.45) is 0 Å². The average molecular weight is 383 g/mol. The van der Waals surface area contributed by atoms with Crippen LogP contribution in [-0.2, 0) is 4.79 Å². The second kappa shape index (κ2) is 9.65. The zero-order chi connectivity index (χ0) is 17.4. The van der Waals surface area contributed by atoms with Gasteiger partial charge in [-0.05, 0) is 30.7 Å². The highest BCUT2D eigenvalue weighted by Gasteiger charge is 2.09. The second-order valence-corrected chi connectivity index (χ2v) is 8.22. The Hall–Kier alpha value is -1.58. The van der Waals surface area contributed by atoms with Gasteiger partial charge in [-0.2, -0.15) is 0 Å². The van der Waals surface area contributed by atoms with Crippen LogP contribution >= 0.6 is 34.9 Å². The van der Waals surface area contributed by atoms with Crippen molar-refractivity contribution in [2.45, 2.75) is 22.0 Å². The molecule has 0 aliphatic rings. The molecule has 1 heterocycles. The molecule has 1 aromatic carbocycles. The molecule has 24 heavy (non-hydrogen) atoms. The molecule has 9 heteroatoms. The van der Waals surface area contributed by atoms with E-state index in [0.29, 0.717) is 11.3 Å². The maximum atomic E-state index is 12.0. The summed E-state index contributed by atoms with van der Waals surface area (Å²) < 4.78 is 1.73. The highest BCUT2D eigenvalue weighted by Crippen LogP contribution is 2.29. The summed E-state index contributed by atoms with van der Waals surface area (Å²) in [4.78, 5) is 23.4. The van der Waals surface area contributed by atoms with Gasteiger partial charge < -0.3 is 10.6 Å². The number of anilines is 1. The Bertz CT molecular complexity index is 688. The van der Waals surface area contributed by atoms with Gasteiger partial charge in [-0.3, -0.25) is 9.59 Å². The van der Waals surface area contributed by atoms with E-state index in [-0.39, 0.29) is 17.6 Å². The first kappa shape index (κ1) is 18.8. The fourth-order valence-electron chi connectivity index (χ4n) is 1.68. The molecule has 0 aliphatic carbocycles. The van der Waals surface area contributed by atoms with E-state index >= 15 is 0 Å². The van der Waals surface area contributed by atoms with Gasteiger partial charge in [-0.25, -0.2) is 0 Å². The third-order valence-electron chi connectivity index (χ3n) is 2.80. The number of carbonyl (C=O) groups is 2. The van der Waals surface area contributed by atoms with Gasteiger partial charge in [-0.15, -0.1) is 10.2 Å². The lowest BCUT2D eigenvalue weighted by atomic mass is 10.2. The fourth-order valence-corrected chi connectivity index (χ4v) is 4.42. The fraction of sp³-hybridized carbons (Fsp3) is 0.333. The third-order valence-corrected chi connectivity index (χ3v) is 6.20. The van der Waals surface area contributed by atoms with E-state index < -0.39 is 0 Å². The van der Waals surface area contributed by atoms with Gasteiger partial charge in [0, 0.05) is 24.1 Å². The first-order chi connectivity index (χ1) is 11.6. The van der Waals surface area contributed by atoms with E-state index in [1.54, 1.807) is 43.1 Å². The van der Waals surface area contributed by atoms with Crippen molar-refractivity contribution in [1.82, 2.24) is 15.5 Å². The number of carbonyl (C=O) groups excluding carboxylic acids is 2. The highest BCUT2D eigenvalue weighted by atomic mass is 32.2. The number of aromatic nitrogens is 2. The minimum Gasteiger partial charge on any atom is -0.355 e. The van der Waals surface area contributed by atoms with E-state index in [9.17, 15) is 9.59 Å². The molecule has 6 nitrogen and oxygen atoms in total. The number of thioether (sulfide) groups is 2. The SMILES string of the molecule is CCCSc1nnc(SCC(=O)Nc2ccc(C(=O)NC)cc2)s1. The first-order valence-corrected chi connectivity index (χ1v) is 10.1. The summed E-state index contributed by atoms with van der Waals surface area (Å²) in [6, 6.07) is 6.75. The smallest absolute Gasteiger partial charge is 0.251 e. The van der Waals surface area contributed by atoms with E-state index in [1.165, 1.54) is 23.1 Å². The number of nitrogens with one attached hydrogen (secondary N) is 2. The van der Waals surface area contributed by atoms with Gasteiger partial charge >= 0.3 is 0 Å². The number of hydrogen-bond donors (Lipinski definition) is 2. The van der Waals surface area contributed by atoms with E-state index in [1.807, 2.05) is 0 Å². The van der Waals surface area contributed by atoms with Crippen molar-refractivity contribution in [3.05, 3.63) is 29.8 Å². The molecule has 2 amide bonds. The van der Waals surface area contributed by atoms with Crippen molar-refractivity contribution < 1.29 is 9.59 Å². The Balaban J connectivity index is 1.80. The third kappa shape index (κ3) is 5.81. The Labute approximate surface area is 153 Å². The van der Waals surface area contributed by atoms with Gasteiger partial charge in [0.2, 0.25) is 5.91 Å². The van der Waals surface area contributed by atoms with Gasteiger partial charge in [0.05, 0.1) is 5.75 Å². The van der Waals surface area contributed by atoms with E-state index in [4.69, 9.17) is 0 Å². The summed E-state index contributed by atoms with van der Waals surface area (Å²) in [7, 11) is 1.58. The molecule has 0 aliphatic heterocycles. The molecule has 2 rings (SSSR count). The molecule has 128 valence electrons. The van der Waals surface area contributed by atoms with E-state index in [0.717, 1.165) is 20.9 Å².